The molecule has 3 aromatic heterocycles. The van der Waals surface area contributed by atoms with Gasteiger partial charge in [0.05, 0.1) is 17.5 Å². The van der Waals surface area contributed by atoms with Crippen molar-refractivity contribution in [3.8, 4) is 0 Å². The van der Waals surface area contributed by atoms with Gasteiger partial charge in [0.15, 0.2) is 0 Å². The third-order valence-corrected chi connectivity index (χ3v) is 5.02. The van der Waals surface area contributed by atoms with Crippen LogP contribution in [-0.2, 0) is 6.54 Å². The second kappa shape index (κ2) is 5.76. The third kappa shape index (κ3) is 3.19. The van der Waals surface area contributed by atoms with Crippen molar-refractivity contribution in [3.05, 3.63) is 27.7 Å². The fourth-order valence-corrected chi connectivity index (χ4v) is 3.21. The molecule has 1 amide bonds. The number of nitrogens with one attached hydrogen (secondary N) is 2. The predicted molar refractivity (Wildman–Crippen MR) is 93.6 cm³/mol. The van der Waals surface area contributed by atoms with Gasteiger partial charge >= 0.3 is 0 Å². The van der Waals surface area contributed by atoms with Crippen LogP contribution in [0.3, 0.4) is 0 Å². The molecule has 2 N–H and O–H groups in total. The van der Waals surface area contributed by atoms with Crippen LogP contribution < -0.4 is 10.6 Å². The summed E-state index contributed by atoms with van der Waals surface area (Å²) in [7, 11) is 0. The lowest BCUT2D eigenvalue weighted by molar-refractivity contribution is 0.0951. The summed E-state index contributed by atoms with van der Waals surface area (Å²) >= 11 is 1.45. The van der Waals surface area contributed by atoms with Crippen LogP contribution in [0.5, 0.6) is 0 Å². The van der Waals surface area contributed by atoms with Crippen LogP contribution in [0.15, 0.2) is 10.7 Å². The topological polar surface area (TPSA) is 106 Å². The monoisotopic (exact) mass is 358 g/mol. The number of fused-ring (bicyclic) bond motifs is 1. The SMILES string of the molecule is Cc1nc(NC2(C)CC2)c2c(C(=O)NCc3nnc(C)s3)coc2n1. The van der Waals surface area contributed by atoms with Gasteiger partial charge in [-0.3, -0.25) is 4.79 Å². The van der Waals surface area contributed by atoms with E-state index in [1.54, 1.807) is 6.92 Å². The van der Waals surface area contributed by atoms with Gasteiger partial charge in [0.25, 0.3) is 5.91 Å². The Hall–Kier alpha value is -2.55. The van der Waals surface area contributed by atoms with E-state index in [1.807, 2.05) is 6.92 Å². The van der Waals surface area contributed by atoms with E-state index in [-0.39, 0.29) is 11.4 Å². The second-order valence-corrected chi connectivity index (χ2v) is 7.80. The number of hydrogen-bond acceptors (Lipinski definition) is 8. The number of carbonyl (C=O) groups is 1. The molecule has 1 aliphatic carbocycles. The van der Waals surface area contributed by atoms with E-state index in [1.165, 1.54) is 17.6 Å². The molecule has 1 saturated carbocycles. The smallest absolute Gasteiger partial charge is 0.255 e. The number of aryl methyl sites for hydroxylation is 2. The van der Waals surface area contributed by atoms with Gasteiger partial charge < -0.3 is 15.1 Å². The Morgan fingerprint density at radius 3 is 2.80 bits per heavy atom. The normalized spacial score (nSPS) is 15.3. The van der Waals surface area contributed by atoms with Crippen molar-refractivity contribution in [2.75, 3.05) is 5.32 Å². The Labute approximate surface area is 148 Å². The molecule has 4 rings (SSSR count). The van der Waals surface area contributed by atoms with Crippen molar-refractivity contribution in [3.63, 3.8) is 0 Å². The molecule has 8 nitrogen and oxygen atoms in total. The van der Waals surface area contributed by atoms with Crippen molar-refractivity contribution in [1.29, 1.82) is 0 Å². The fourth-order valence-electron chi connectivity index (χ4n) is 2.56. The number of hydrogen-bond donors (Lipinski definition) is 2. The molecule has 1 fully saturated rings. The van der Waals surface area contributed by atoms with Gasteiger partial charge in [0, 0.05) is 5.54 Å². The van der Waals surface area contributed by atoms with Crippen molar-refractivity contribution in [2.45, 2.75) is 45.7 Å². The highest BCUT2D eigenvalue weighted by Gasteiger charge is 2.38. The third-order valence-electron chi connectivity index (χ3n) is 4.18. The number of carbonyl (C=O) groups excluding carboxylic acids is 1. The molecule has 1 aliphatic rings. The van der Waals surface area contributed by atoms with Crippen LogP contribution in [0.1, 0.15) is 46.0 Å². The van der Waals surface area contributed by atoms with Gasteiger partial charge in [0.1, 0.15) is 27.9 Å². The zero-order valence-electron chi connectivity index (χ0n) is 14.2. The van der Waals surface area contributed by atoms with Gasteiger partial charge in [0.2, 0.25) is 5.71 Å². The lowest BCUT2D eigenvalue weighted by Crippen LogP contribution is -2.23. The summed E-state index contributed by atoms with van der Waals surface area (Å²) in [5.74, 6) is 1.00. The summed E-state index contributed by atoms with van der Waals surface area (Å²) in [5.41, 5.74) is 0.863. The van der Waals surface area contributed by atoms with Gasteiger partial charge in [-0.05, 0) is 33.6 Å². The Morgan fingerprint density at radius 2 is 2.12 bits per heavy atom. The highest BCUT2D eigenvalue weighted by Crippen LogP contribution is 2.39. The van der Waals surface area contributed by atoms with Crippen LogP contribution in [0.4, 0.5) is 5.82 Å². The molecule has 0 aromatic carbocycles. The first-order chi connectivity index (χ1) is 11.9. The summed E-state index contributed by atoms with van der Waals surface area (Å²) in [6.45, 7) is 6.14. The lowest BCUT2D eigenvalue weighted by atomic mass is 10.2. The maximum absolute atomic E-state index is 12.6. The van der Waals surface area contributed by atoms with Gasteiger partial charge in [-0.25, -0.2) is 4.98 Å². The first kappa shape index (κ1) is 15.9. The molecule has 0 spiro atoms. The zero-order chi connectivity index (χ0) is 17.6. The fraction of sp³-hybridized carbons (Fsp3) is 0.438. The Morgan fingerprint density at radius 1 is 1.32 bits per heavy atom. The van der Waals surface area contributed by atoms with Crippen molar-refractivity contribution in [2.24, 2.45) is 0 Å². The van der Waals surface area contributed by atoms with E-state index in [0.717, 1.165) is 22.9 Å². The molecule has 25 heavy (non-hydrogen) atoms. The number of rotatable bonds is 5. The first-order valence-electron chi connectivity index (χ1n) is 8.05. The second-order valence-electron chi connectivity index (χ2n) is 6.53. The number of nitrogens with zero attached hydrogens (tertiary/aromatic N) is 4. The zero-order valence-corrected chi connectivity index (χ0v) is 15.0. The first-order valence-corrected chi connectivity index (χ1v) is 8.86. The Balaban J connectivity index is 1.63. The van der Waals surface area contributed by atoms with E-state index in [4.69, 9.17) is 4.42 Å². The Kier molecular flexibility index (Phi) is 3.68. The molecular formula is C16H18N6O2S. The van der Waals surface area contributed by atoms with Crippen LogP contribution in [0, 0.1) is 13.8 Å². The molecule has 0 saturated heterocycles. The number of amides is 1. The van der Waals surface area contributed by atoms with Crippen molar-refractivity contribution in [1.82, 2.24) is 25.5 Å². The largest absolute Gasteiger partial charge is 0.445 e. The maximum Gasteiger partial charge on any atom is 0.255 e. The molecule has 3 aromatic rings. The summed E-state index contributed by atoms with van der Waals surface area (Å²) < 4.78 is 5.51. The van der Waals surface area contributed by atoms with E-state index >= 15 is 0 Å². The van der Waals surface area contributed by atoms with Crippen LogP contribution >= 0.6 is 11.3 Å². The molecule has 9 heteroatoms. The highest BCUT2D eigenvalue weighted by atomic mass is 32.1. The summed E-state index contributed by atoms with van der Waals surface area (Å²) in [5, 5.41) is 16.5. The van der Waals surface area contributed by atoms with E-state index in [2.05, 4.69) is 37.7 Å². The van der Waals surface area contributed by atoms with Crippen molar-refractivity contribution < 1.29 is 9.21 Å². The van der Waals surface area contributed by atoms with E-state index in [0.29, 0.717) is 34.9 Å². The number of furan rings is 1. The average molecular weight is 358 g/mol. The standard InChI is InChI=1S/C16H18N6O2S/c1-8-18-13(20-16(3)4-5-16)12-10(7-24-15(12)19-8)14(23)17-6-11-22-21-9(2)25-11/h7H,4-6H2,1-3H3,(H,17,23)(H,18,19,20). The highest BCUT2D eigenvalue weighted by molar-refractivity contribution is 7.11. The summed E-state index contributed by atoms with van der Waals surface area (Å²) in [6.07, 6.45) is 3.58. The van der Waals surface area contributed by atoms with E-state index in [9.17, 15) is 4.79 Å². The molecule has 0 unspecified atom stereocenters. The number of aromatic nitrogens is 4. The molecule has 0 radical (unpaired) electrons. The molecule has 0 aliphatic heterocycles. The summed E-state index contributed by atoms with van der Waals surface area (Å²) in [6, 6.07) is 0. The van der Waals surface area contributed by atoms with Gasteiger partial charge in [-0.1, -0.05) is 11.3 Å². The molecule has 0 atom stereocenters. The van der Waals surface area contributed by atoms with Crippen LogP contribution in [0.2, 0.25) is 0 Å². The summed E-state index contributed by atoms with van der Waals surface area (Å²) in [4.78, 5) is 21.4. The van der Waals surface area contributed by atoms with Gasteiger partial charge in [-0.15, -0.1) is 10.2 Å². The van der Waals surface area contributed by atoms with E-state index < -0.39 is 0 Å². The average Bonchev–Trinajstić information content (AvgIpc) is 2.97. The minimum Gasteiger partial charge on any atom is -0.445 e. The van der Waals surface area contributed by atoms with Crippen molar-refractivity contribution >= 4 is 34.2 Å². The minimum atomic E-state index is -0.247. The maximum atomic E-state index is 12.6. The quantitative estimate of drug-likeness (QED) is 0.722. The Bertz CT molecular complexity index is 959. The number of anilines is 1. The van der Waals surface area contributed by atoms with Crippen LogP contribution in [-0.4, -0.2) is 31.6 Å². The predicted octanol–water partition coefficient (Wildman–Crippen LogP) is 2.59. The minimum absolute atomic E-state index is 0.0306. The molecular weight excluding hydrogens is 340 g/mol. The molecule has 130 valence electrons. The van der Waals surface area contributed by atoms with Gasteiger partial charge in [-0.2, -0.15) is 4.98 Å². The molecule has 0 bridgehead atoms. The van der Waals surface area contributed by atoms with Crippen LogP contribution in [0.25, 0.3) is 11.1 Å². The molecule has 3 heterocycles. The lowest BCUT2D eigenvalue weighted by Gasteiger charge is -2.13.